The van der Waals surface area contributed by atoms with Gasteiger partial charge in [0.25, 0.3) is 11.1 Å². The second-order valence-corrected chi connectivity index (χ2v) is 10.5. The molecule has 1 unspecified atom stereocenters. The zero-order valence-electron chi connectivity index (χ0n) is 22.9. The maximum atomic E-state index is 13.8. The highest BCUT2D eigenvalue weighted by Crippen LogP contribution is 2.23. The minimum atomic E-state index is -0.612. The molecule has 11 nitrogen and oxygen atoms in total. The van der Waals surface area contributed by atoms with Gasteiger partial charge in [-0.3, -0.25) is 14.2 Å². The van der Waals surface area contributed by atoms with E-state index in [4.69, 9.17) is 4.74 Å². The molecule has 3 aromatic rings. The number of ether oxygens (including phenoxy) is 1. The van der Waals surface area contributed by atoms with Gasteiger partial charge in [0.2, 0.25) is 5.95 Å². The summed E-state index contributed by atoms with van der Waals surface area (Å²) in [5.74, 6) is 6.30. The van der Waals surface area contributed by atoms with Gasteiger partial charge >= 0.3 is 6.09 Å². The van der Waals surface area contributed by atoms with Gasteiger partial charge in [-0.1, -0.05) is 24.1 Å². The lowest BCUT2D eigenvalue weighted by atomic mass is 10.1. The molecule has 0 spiro atoms. The molecular formula is C28H33N7O4. The summed E-state index contributed by atoms with van der Waals surface area (Å²) in [6.45, 7) is 8.42. The fraction of sp³-hybridized carbons (Fsp3) is 0.464. The summed E-state index contributed by atoms with van der Waals surface area (Å²) in [4.78, 5) is 46.3. The van der Waals surface area contributed by atoms with E-state index in [0.717, 1.165) is 12.8 Å². The third kappa shape index (κ3) is 5.83. The molecule has 1 atom stereocenters. The van der Waals surface area contributed by atoms with E-state index in [0.29, 0.717) is 30.2 Å². The third-order valence-electron chi connectivity index (χ3n) is 6.54. The predicted octanol–water partition coefficient (Wildman–Crippen LogP) is 2.33. The number of carbonyl (C=O) groups is 1. The van der Waals surface area contributed by atoms with Crippen molar-refractivity contribution >= 4 is 23.1 Å². The van der Waals surface area contributed by atoms with Gasteiger partial charge in [0.1, 0.15) is 11.1 Å². The van der Waals surface area contributed by atoms with Crippen molar-refractivity contribution in [2.24, 2.45) is 7.05 Å². The zero-order valence-corrected chi connectivity index (χ0v) is 22.9. The van der Waals surface area contributed by atoms with E-state index in [2.05, 4.69) is 28.2 Å². The topological polar surface area (TPSA) is 127 Å². The minimum Gasteiger partial charge on any atom is -0.444 e. The Morgan fingerprint density at radius 1 is 1.23 bits per heavy atom. The highest BCUT2D eigenvalue weighted by molar-refractivity contribution is 5.77. The second kappa shape index (κ2) is 11.1. The summed E-state index contributed by atoms with van der Waals surface area (Å²) in [6.07, 6.45) is 1.04. The van der Waals surface area contributed by atoms with Crippen LogP contribution in [0.5, 0.6) is 0 Å². The lowest BCUT2D eigenvalue weighted by molar-refractivity contribution is 0.0499. The van der Waals surface area contributed by atoms with Crippen molar-refractivity contribution in [2.45, 2.75) is 65.3 Å². The Morgan fingerprint density at radius 3 is 2.67 bits per heavy atom. The minimum absolute atomic E-state index is 0.0514. The Morgan fingerprint density at radius 2 is 1.97 bits per heavy atom. The van der Waals surface area contributed by atoms with Crippen LogP contribution in [0.1, 0.15) is 51.7 Å². The smallest absolute Gasteiger partial charge is 0.407 e. The Balaban J connectivity index is 1.77. The number of fused-ring (bicyclic) bond motifs is 1. The number of nitrogens with one attached hydrogen (secondary N) is 1. The Hall–Kier alpha value is -4.51. The second-order valence-electron chi connectivity index (χ2n) is 10.5. The largest absolute Gasteiger partial charge is 0.444 e. The summed E-state index contributed by atoms with van der Waals surface area (Å²) in [5.41, 5.74) is -0.169. The zero-order chi connectivity index (χ0) is 28.3. The molecule has 1 N–H and O–H groups in total. The van der Waals surface area contributed by atoms with E-state index in [-0.39, 0.29) is 30.2 Å². The number of hydrogen-bond donors (Lipinski definition) is 1. The van der Waals surface area contributed by atoms with E-state index < -0.39 is 22.8 Å². The molecule has 0 aliphatic carbocycles. The maximum Gasteiger partial charge on any atom is 0.407 e. The molecule has 4 rings (SSSR count). The number of hydrogen-bond acceptors (Lipinski definition) is 7. The molecule has 1 amide bonds. The number of nitrogens with zero attached hydrogens (tertiary/aromatic N) is 6. The van der Waals surface area contributed by atoms with Gasteiger partial charge in [-0.2, -0.15) is 5.26 Å². The molecule has 0 bridgehead atoms. The molecule has 2 aromatic heterocycles. The van der Waals surface area contributed by atoms with Gasteiger partial charge < -0.3 is 15.0 Å². The van der Waals surface area contributed by atoms with Gasteiger partial charge in [-0.15, -0.1) is 5.92 Å². The fourth-order valence-corrected chi connectivity index (χ4v) is 4.73. The Kier molecular flexibility index (Phi) is 7.82. The molecular weight excluding hydrogens is 498 g/mol. The molecule has 0 saturated carbocycles. The number of aromatic nitrogens is 4. The lowest BCUT2D eigenvalue weighted by Gasteiger charge is -2.34. The van der Waals surface area contributed by atoms with Gasteiger partial charge in [-0.25, -0.2) is 19.1 Å². The van der Waals surface area contributed by atoms with E-state index in [9.17, 15) is 19.6 Å². The first kappa shape index (κ1) is 27.5. The predicted molar refractivity (Wildman–Crippen MR) is 148 cm³/mol. The number of amides is 1. The van der Waals surface area contributed by atoms with Crippen LogP contribution in [0, 0.1) is 23.2 Å². The van der Waals surface area contributed by atoms with Crippen LogP contribution in [0.25, 0.3) is 11.0 Å². The molecule has 1 aliphatic heterocycles. The monoisotopic (exact) mass is 531 g/mol. The van der Waals surface area contributed by atoms with Gasteiger partial charge in [0, 0.05) is 26.2 Å². The summed E-state index contributed by atoms with van der Waals surface area (Å²) in [7, 11) is 1.52. The quantitative estimate of drug-likeness (QED) is 0.501. The summed E-state index contributed by atoms with van der Waals surface area (Å²) in [6, 6.07) is 8.92. The van der Waals surface area contributed by atoms with E-state index in [1.807, 2.05) is 25.7 Å². The van der Waals surface area contributed by atoms with Crippen LogP contribution in [0.2, 0.25) is 0 Å². The number of nitriles is 1. The highest BCUT2D eigenvalue weighted by atomic mass is 16.6. The van der Waals surface area contributed by atoms with Crippen LogP contribution < -0.4 is 21.3 Å². The van der Waals surface area contributed by atoms with Crippen molar-refractivity contribution in [3.05, 3.63) is 56.1 Å². The lowest BCUT2D eigenvalue weighted by Crippen LogP contribution is -2.49. The normalized spacial score (nSPS) is 15.4. The average Bonchev–Trinajstić information content (AvgIpc) is 3.27. The number of rotatable bonds is 5. The molecule has 1 fully saturated rings. The van der Waals surface area contributed by atoms with Crippen LogP contribution in [0.15, 0.2) is 33.9 Å². The summed E-state index contributed by atoms with van der Waals surface area (Å²) in [5, 5.41) is 12.4. The van der Waals surface area contributed by atoms with E-state index in [1.165, 1.54) is 16.4 Å². The van der Waals surface area contributed by atoms with Gasteiger partial charge in [0.05, 0.1) is 24.7 Å². The molecule has 204 valence electrons. The Labute approximate surface area is 226 Å². The summed E-state index contributed by atoms with van der Waals surface area (Å²) < 4.78 is 9.66. The summed E-state index contributed by atoms with van der Waals surface area (Å²) >= 11 is 0. The number of imidazole rings is 1. The van der Waals surface area contributed by atoms with E-state index in [1.54, 1.807) is 35.8 Å². The number of anilines is 1. The molecule has 0 radical (unpaired) electrons. The van der Waals surface area contributed by atoms with Crippen LogP contribution in [0.4, 0.5) is 10.7 Å². The molecule has 11 heteroatoms. The number of alkyl carbamates (subject to hydrolysis) is 1. The van der Waals surface area contributed by atoms with Gasteiger partial charge in [-0.05, 0) is 52.2 Å². The average molecular weight is 532 g/mol. The van der Waals surface area contributed by atoms with Gasteiger partial charge in [0.15, 0.2) is 5.52 Å². The maximum absolute atomic E-state index is 13.8. The van der Waals surface area contributed by atoms with Crippen molar-refractivity contribution in [3.63, 3.8) is 0 Å². The van der Waals surface area contributed by atoms with Crippen molar-refractivity contribution in [3.8, 4) is 17.9 Å². The van der Waals surface area contributed by atoms with Crippen LogP contribution >= 0.6 is 0 Å². The van der Waals surface area contributed by atoms with Crippen LogP contribution in [-0.4, -0.2) is 49.7 Å². The van der Waals surface area contributed by atoms with Crippen LogP contribution in [-0.2, 0) is 24.9 Å². The van der Waals surface area contributed by atoms with Crippen molar-refractivity contribution in [1.29, 1.82) is 5.26 Å². The van der Waals surface area contributed by atoms with Crippen LogP contribution in [0.3, 0.4) is 0 Å². The molecule has 3 heterocycles. The molecule has 1 saturated heterocycles. The fourth-order valence-electron chi connectivity index (χ4n) is 4.73. The Bertz CT molecular complexity index is 1620. The first-order chi connectivity index (χ1) is 18.5. The van der Waals surface area contributed by atoms with Crippen molar-refractivity contribution < 1.29 is 9.53 Å². The molecule has 39 heavy (non-hydrogen) atoms. The first-order valence-electron chi connectivity index (χ1n) is 12.9. The molecule has 1 aliphatic rings. The first-order valence-corrected chi connectivity index (χ1v) is 12.9. The van der Waals surface area contributed by atoms with Crippen molar-refractivity contribution in [1.82, 2.24) is 24.2 Å². The molecule has 1 aromatic carbocycles. The SMILES string of the molecule is CC#CCn1c(N2CCCC(NC(=O)OC(C)(C)C)C2)nc2c(=O)n(C)n(Cc3ccccc3C#N)c(=O)c21. The number of carbonyl (C=O) groups excluding carboxylic acids is 1. The highest BCUT2D eigenvalue weighted by Gasteiger charge is 2.29. The standard InChI is InChI=1S/C28H33N7O4/c1-6-7-15-34-23-22(24(36)32(5)35(25(23)37)17-20-12-9-8-11-19(20)16-29)31-26(34)33-14-10-13-21(18-33)30-27(38)39-28(2,3)4/h8-9,11-12,21H,10,13-15,17-18H2,1-5H3,(H,30,38). The number of benzene rings is 1. The number of piperidine rings is 1. The van der Waals surface area contributed by atoms with E-state index >= 15 is 0 Å². The van der Waals surface area contributed by atoms with Crippen molar-refractivity contribution in [2.75, 3.05) is 18.0 Å². The third-order valence-corrected chi connectivity index (χ3v) is 6.54.